The number of nitrogens with zero attached hydrogens (tertiary/aromatic N) is 2. The number of aryl methyl sites for hydroxylation is 1. The number of rotatable bonds is 4. The van der Waals surface area contributed by atoms with Gasteiger partial charge in [-0.1, -0.05) is 24.3 Å². The molecule has 0 aliphatic carbocycles. The molecule has 0 amide bonds. The van der Waals surface area contributed by atoms with Crippen LogP contribution in [0.4, 0.5) is 5.69 Å². The van der Waals surface area contributed by atoms with Gasteiger partial charge in [-0.15, -0.1) is 0 Å². The van der Waals surface area contributed by atoms with E-state index in [-0.39, 0.29) is 0 Å². The van der Waals surface area contributed by atoms with E-state index < -0.39 is 11.9 Å². The lowest BCUT2D eigenvalue weighted by Crippen LogP contribution is -2.47. The molecule has 0 saturated carbocycles. The summed E-state index contributed by atoms with van der Waals surface area (Å²) < 4.78 is 11.6. The van der Waals surface area contributed by atoms with Gasteiger partial charge >= 0.3 is 11.9 Å². The van der Waals surface area contributed by atoms with Crippen LogP contribution in [0.1, 0.15) is 11.3 Å². The second-order valence-corrected chi connectivity index (χ2v) is 8.26. The number of benzene rings is 2. The number of carboxylic acid groups (broad SMARTS) is 2. The largest absolute Gasteiger partial charge is 0.486 e. The molecule has 0 bridgehead atoms. The normalized spacial score (nSPS) is 15.5. The highest BCUT2D eigenvalue weighted by Gasteiger charge is 2.23. The molecule has 1 fully saturated rings. The Kier molecular flexibility index (Phi) is 7.22. The van der Waals surface area contributed by atoms with Crippen LogP contribution in [0.25, 0.3) is 10.9 Å². The third-order valence-electron chi connectivity index (χ3n) is 6.15. The summed E-state index contributed by atoms with van der Waals surface area (Å²) in [5, 5.41) is 16.1. The fraction of sp³-hybridized carbons (Fsp3) is 0.360. The number of ether oxygens (including phenoxy) is 2. The molecule has 0 atom stereocenters. The van der Waals surface area contributed by atoms with Gasteiger partial charge in [0.1, 0.15) is 13.2 Å². The summed E-state index contributed by atoms with van der Waals surface area (Å²) in [4.78, 5) is 26.7. The van der Waals surface area contributed by atoms with Crippen LogP contribution < -0.4 is 14.4 Å². The monoisotopic (exact) mass is 467 g/mol. The average Bonchev–Trinajstić information content (AvgIpc) is 3.18. The van der Waals surface area contributed by atoms with Crippen molar-refractivity contribution >= 4 is 28.5 Å². The van der Waals surface area contributed by atoms with Gasteiger partial charge in [-0.05, 0) is 37.1 Å². The minimum atomic E-state index is -1.82. The molecular formula is C25H29N3O6. The Morgan fingerprint density at radius 1 is 0.941 bits per heavy atom. The number of hydrogen-bond acceptors (Lipinski definition) is 6. The van der Waals surface area contributed by atoms with E-state index >= 15 is 0 Å². The molecular weight excluding hydrogens is 438 g/mol. The highest BCUT2D eigenvalue weighted by molar-refractivity contribution is 6.27. The van der Waals surface area contributed by atoms with Crippen LogP contribution in [0.2, 0.25) is 0 Å². The zero-order chi connectivity index (χ0) is 24.1. The molecule has 180 valence electrons. The maximum atomic E-state index is 9.10. The number of carboxylic acids is 2. The van der Waals surface area contributed by atoms with Crippen molar-refractivity contribution in [3.05, 3.63) is 53.7 Å². The Bertz CT molecular complexity index is 1150. The summed E-state index contributed by atoms with van der Waals surface area (Å²) in [5.41, 5.74) is 5.17. The van der Waals surface area contributed by atoms with Gasteiger partial charge in [-0.2, -0.15) is 0 Å². The summed E-state index contributed by atoms with van der Waals surface area (Å²) in [5.74, 6) is -1.86. The molecule has 5 rings (SSSR count). The van der Waals surface area contributed by atoms with Crippen molar-refractivity contribution in [1.82, 2.24) is 9.88 Å². The molecule has 1 aromatic heterocycles. The number of hydrogen-bond donors (Lipinski definition) is 3. The molecule has 2 aromatic carbocycles. The zero-order valence-corrected chi connectivity index (χ0v) is 19.1. The van der Waals surface area contributed by atoms with E-state index in [4.69, 9.17) is 29.3 Å². The molecule has 0 unspecified atom stereocenters. The Morgan fingerprint density at radius 2 is 1.65 bits per heavy atom. The van der Waals surface area contributed by atoms with E-state index in [1.54, 1.807) is 0 Å². The van der Waals surface area contributed by atoms with Gasteiger partial charge in [0.2, 0.25) is 0 Å². The van der Waals surface area contributed by atoms with Crippen molar-refractivity contribution in [2.45, 2.75) is 13.3 Å². The third-order valence-corrected chi connectivity index (χ3v) is 6.15. The van der Waals surface area contributed by atoms with Crippen molar-refractivity contribution in [3.8, 4) is 11.5 Å². The number of nitrogens with one attached hydrogen (secondary N) is 1. The van der Waals surface area contributed by atoms with E-state index in [2.05, 4.69) is 58.1 Å². The van der Waals surface area contributed by atoms with Crippen molar-refractivity contribution in [2.75, 3.05) is 50.8 Å². The van der Waals surface area contributed by atoms with Crippen LogP contribution in [0.3, 0.4) is 0 Å². The third kappa shape index (κ3) is 5.26. The lowest BCUT2D eigenvalue weighted by Gasteiger charge is -2.37. The Hall–Kier alpha value is -3.72. The molecule has 2 aliphatic heterocycles. The number of carbonyl (C=O) groups is 2. The van der Waals surface area contributed by atoms with Crippen LogP contribution in [-0.2, 0) is 16.0 Å². The summed E-state index contributed by atoms with van der Waals surface area (Å²) in [6, 6.07) is 14.8. The smallest absolute Gasteiger partial charge is 0.414 e. The maximum absolute atomic E-state index is 9.10. The lowest BCUT2D eigenvalue weighted by atomic mass is 10.1. The molecule has 34 heavy (non-hydrogen) atoms. The first kappa shape index (κ1) is 23.4. The summed E-state index contributed by atoms with van der Waals surface area (Å²) in [7, 11) is 0. The van der Waals surface area contributed by atoms with Gasteiger partial charge in [0.05, 0.1) is 5.69 Å². The van der Waals surface area contributed by atoms with Crippen LogP contribution in [-0.4, -0.2) is 78.0 Å². The van der Waals surface area contributed by atoms with Crippen LogP contribution >= 0.6 is 0 Å². The Morgan fingerprint density at radius 3 is 2.38 bits per heavy atom. The minimum Gasteiger partial charge on any atom is -0.486 e. The topological polar surface area (TPSA) is 115 Å². The SMILES string of the molecule is Cc1[nH]c2ccccc2c1CCN1CCN(c2cccc3c2OCCO3)CC1.O=C(O)C(=O)O. The quantitative estimate of drug-likeness (QED) is 0.502. The first-order chi connectivity index (χ1) is 16.4. The number of aromatic amines is 1. The first-order valence-electron chi connectivity index (χ1n) is 11.3. The molecule has 9 heteroatoms. The predicted octanol–water partition coefficient (Wildman–Crippen LogP) is 2.77. The van der Waals surface area contributed by atoms with Crippen LogP contribution in [0.5, 0.6) is 11.5 Å². The van der Waals surface area contributed by atoms with Gasteiger partial charge in [0.25, 0.3) is 0 Å². The van der Waals surface area contributed by atoms with Crippen LogP contribution in [0.15, 0.2) is 42.5 Å². The summed E-state index contributed by atoms with van der Waals surface area (Å²) in [6.45, 7) is 8.75. The Balaban J connectivity index is 0.000000408. The number of aromatic nitrogens is 1. The van der Waals surface area contributed by atoms with E-state index in [0.29, 0.717) is 13.2 Å². The number of fused-ring (bicyclic) bond motifs is 2. The second kappa shape index (κ2) is 10.5. The zero-order valence-electron chi connectivity index (χ0n) is 19.1. The highest BCUT2D eigenvalue weighted by Crippen LogP contribution is 2.39. The molecule has 0 spiro atoms. The molecule has 9 nitrogen and oxygen atoms in total. The van der Waals surface area contributed by atoms with Gasteiger partial charge < -0.3 is 29.6 Å². The van der Waals surface area contributed by atoms with Crippen molar-refractivity contribution in [1.29, 1.82) is 0 Å². The number of piperazine rings is 1. The van der Waals surface area contributed by atoms with Crippen molar-refractivity contribution in [3.63, 3.8) is 0 Å². The molecule has 2 aliphatic rings. The summed E-state index contributed by atoms with van der Waals surface area (Å²) in [6.07, 6.45) is 1.09. The van der Waals surface area contributed by atoms with Crippen LogP contribution in [0, 0.1) is 6.92 Å². The van der Waals surface area contributed by atoms with E-state index in [1.807, 2.05) is 6.07 Å². The van der Waals surface area contributed by atoms with Gasteiger partial charge in [-0.3, -0.25) is 4.90 Å². The van der Waals surface area contributed by atoms with E-state index in [1.165, 1.54) is 27.8 Å². The molecule has 3 aromatic rings. The fourth-order valence-electron chi connectivity index (χ4n) is 4.45. The van der Waals surface area contributed by atoms with Gasteiger partial charge in [0.15, 0.2) is 11.5 Å². The number of aliphatic carboxylic acids is 2. The predicted molar refractivity (Wildman–Crippen MR) is 128 cm³/mol. The average molecular weight is 468 g/mol. The van der Waals surface area contributed by atoms with Crippen molar-refractivity contribution in [2.24, 2.45) is 0 Å². The molecule has 3 heterocycles. The summed E-state index contributed by atoms with van der Waals surface area (Å²) >= 11 is 0. The molecule has 1 saturated heterocycles. The van der Waals surface area contributed by atoms with Crippen molar-refractivity contribution < 1.29 is 29.3 Å². The standard InChI is InChI=1S/C23H27N3O2.C2H2O4/c1-17-18(19-5-2-3-6-20(19)24-17)9-10-25-11-13-26(14-12-25)21-7-4-8-22-23(21)28-16-15-27-22;3-1(4)2(5)6/h2-8,24H,9-16H2,1H3;(H,3,4)(H,5,6). The number of anilines is 1. The number of H-pyrrole nitrogens is 1. The van der Waals surface area contributed by atoms with Gasteiger partial charge in [0, 0.05) is 49.3 Å². The first-order valence-corrected chi connectivity index (χ1v) is 11.3. The van der Waals surface area contributed by atoms with Gasteiger partial charge in [-0.25, -0.2) is 9.59 Å². The second-order valence-electron chi connectivity index (χ2n) is 8.26. The highest BCUT2D eigenvalue weighted by atomic mass is 16.6. The maximum Gasteiger partial charge on any atom is 0.414 e. The fourth-order valence-corrected chi connectivity index (χ4v) is 4.45. The van der Waals surface area contributed by atoms with E-state index in [9.17, 15) is 0 Å². The van der Waals surface area contributed by atoms with E-state index in [0.717, 1.165) is 50.6 Å². The lowest BCUT2D eigenvalue weighted by molar-refractivity contribution is -0.159. The Labute approximate surface area is 197 Å². The number of para-hydroxylation sites is 2. The molecule has 3 N–H and O–H groups in total. The molecule has 0 radical (unpaired) electrons. The minimum absolute atomic E-state index is 0.633.